The van der Waals surface area contributed by atoms with Crippen molar-refractivity contribution < 1.29 is 18.7 Å². The molecule has 1 aromatic carbocycles. The maximum absolute atomic E-state index is 13.5. The lowest BCUT2D eigenvalue weighted by molar-refractivity contribution is -0.142. The first kappa shape index (κ1) is 11.9. The smallest absolute Gasteiger partial charge is 0.311 e. The van der Waals surface area contributed by atoms with E-state index >= 15 is 0 Å². The molecule has 0 aliphatic carbocycles. The van der Waals surface area contributed by atoms with Gasteiger partial charge in [0.05, 0.1) is 12.2 Å². The molecule has 1 heterocycles. The molecule has 92 valence electrons. The van der Waals surface area contributed by atoms with E-state index in [9.17, 15) is 13.6 Å². The third-order valence-corrected chi connectivity index (χ3v) is 2.73. The van der Waals surface area contributed by atoms with Gasteiger partial charge in [0.15, 0.2) is 0 Å². The first-order valence-electron chi connectivity index (χ1n) is 4.95. The summed E-state index contributed by atoms with van der Waals surface area (Å²) >= 11 is 0. The predicted octanol–water partition coefficient (Wildman–Crippen LogP) is 0.0993. The maximum Gasteiger partial charge on any atom is 0.311 e. The van der Waals surface area contributed by atoms with Gasteiger partial charge in [0.25, 0.3) is 0 Å². The summed E-state index contributed by atoms with van der Waals surface area (Å²) in [5.41, 5.74) is 10.5. The summed E-state index contributed by atoms with van der Waals surface area (Å²) < 4.78 is 26.5. The van der Waals surface area contributed by atoms with Gasteiger partial charge < -0.3 is 10.8 Å². The second-order valence-electron chi connectivity index (χ2n) is 3.82. The summed E-state index contributed by atoms with van der Waals surface area (Å²) in [6.45, 7) is 0. The molecule has 0 amide bonds. The highest BCUT2D eigenvalue weighted by atomic mass is 19.1. The standard InChI is InChI=1S/C10H11F2N3O2/c11-4-1-2-6(12)5(3-4)8-7(10(16)17)9(13)15-14-8/h1-3,7-9,14-15H,13H2,(H,16,17). The monoisotopic (exact) mass is 243 g/mol. The van der Waals surface area contributed by atoms with E-state index in [-0.39, 0.29) is 5.56 Å². The van der Waals surface area contributed by atoms with Crippen molar-refractivity contribution in [1.82, 2.24) is 10.9 Å². The SMILES string of the molecule is NC1NNC(c2cc(F)ccc2F)C1C(=O)O. The van der Waals surface area contributed by atoms with Crippen LogP contribution in [0, 0.1) is 17.6 Å². The number of rotatable bonds is 2. The molecule has 7 heteroatoms. The highest BCUT2D eigenvalue weighted by molar-refractivity contribution is 5.72. The van der Waals surface area contributed by atoms with Crippen LogP contribution in [0.25, 0.3) is 0 Å². The Labute approximate surface area is 95.6 Å². The Kier molecular flexibility index (Phi) is 3.05. The van der Waals surface area contributed by atoms with Gasteiger partial charge in [0.1, 0.15) is 17.6 Å². The van der Waals surface area contributed by atoms with Gasteiger partial charge in [-0.25, -0.2) is 19.6 Å². The third kappa shape index (κ3) is 2.12. The summed E-state index contributed by atoms with van der Waals surface area (Å²) in [4.78, 5) is 11.0. The first-order chi connectivity index (χ1) is 8.00. The van der Waals surface area contributed by atoms with E-state index in [2.05, 4.69) is 10.9 Å². The molecule has 5 nitrogen and oxygen atoms in total. The van der Waals surface area contributed by atoms with E-state index in [0.717, 1.165) is 18.2 Å². The Morgan fingerprint density at radius 3 is 2.71 bits per heavy atom. The molecule has 1 aliphatic heterocycles. The topological polar surface area (TPSA) is 87.4 Å². The van der Waals surface area contributed by atoms with Gasteiger partial charge in [0.2, 0.25) is 0 Å². The third-order valence-electron chi connectivity index (χ3n) is 2.73. The molecular formula is C10H11F2N3O2. The van der Waals surface area contributed by atoms with Crippen molar-refractivity contribution in [3.05, 3.63) is 35.4 Å². The molecule has 0 aromatic heterocycles. The number of hydrazine groups is 1. The van der Waals surface area contributed by atoms with Crippen molar-refractivity contribution in [3.8, 4) is 0 Å². The summed E-state index contributed by atoms with van der Waals surface area (Å²) in [5, 5.41) is 9.00. The minimum atomic E-state index is -1.18. The van der Waals surface area contributed by atoms with Gasteiger partial charge in [-0.15, -0.1) is 0 Å². The highest BCUT2D eigenvalue weighted by Crippen LogP contribution is 2.29. The van der Waals surface area contributed by atoms with Crippen LogP contribution in [-0.4, -0.2) is 17.2 Å². The fourth-order valence-electron chi connectivity index (χ4n) is 1.89. The number of nitrogens with one attached hydrogen (secondary N) is 2. The van der Waals surface area contributed by atoms with Crippen molar-refractivity contribution in [1.29, 1.82) is 0 Å². The maximum atomic E-state index is 13.5. The van der Waals surface area contributed by atoms with E-state index in [0.29, 0.717) is 0 Å². The van der Waals surface area contributed by atoms with Crippen LogP contribution in [0.2, 0.25) is 0 Å². The van der Waals surface area contributed by atoms with Crippen LogP contribution in [0.3, 0.4) is 0 Å². The molecular weight excluding hydrogens is 232 g/mol. The second-order valence-corrected chi connectivity index (χ2v) is 3.82. The van der Waals surface area contributed by atoms with Gasteiger partial charge in [0, 0.05) is 5.56 Å². The molecule has 3 unspecified atom stereocenters. The zero-order valence-corrected chi connectivity index (χ0v) is 8.65. The van der Waals surface area contributed by atoms with Gasteiger partial charge in [-0.05, 0) is 18.2 Å². The van der Waals surface area contributed by atoms with E-state index in [1.807, 2.05) is 0 Å². The van der Waals surface area contributed by atoms with E-state index in [1.54, 1.807) is 0 Å². The molecule has 1 fully saturated rings. The highest BCUT2D eigenvalue weighted by Gasteiger charge is 2.41. The molecule has 0 radical (unpaired) electrons. The average Bonchev–Trinajstić information content (AvgIpc) is 2.64. The molecule has 1 saturated heterocycles. The van der Waals surface area contributed by atoms with Crippen LogP contribution >= 0.6 is 0 Å². The van der Waals surface area contributed by atoms with Crippen LogP contribution in [0.1, 0.15) is 11.6 Å². The van der Waals surface area contributed by atoms with Crippen LogP contribution in [0.4, 0.5) is 8.78 Å². The first-order valence-corrected chi connectivity index (χ1v) is 4.95. The molecule has 0 bridgehead atoms. The normalized spacial score (nSPS) is 28.3. The van der Waals surface area contributed by atoms with Gasteiger partial charge in [-0.1, -0.05) is 0 Å². The van der Waals surface area contributed by atoms with E-state index in [4.69, 9.17) is 10.8 Å². The average molecular weight is 243 g/mol. The molecule has 0 spiro atoms. The Bertz CT molecular complexity index is 455. The minimum Gasteiger partial charge on any atom is -0.481 e. The lowest BCUT2D eigenvalue weighted by atomic mass is 9.92. The van der Waals surface area contributed by atoms with Crippen molar-refractivity contribution in [2.24, 2.45) is 11.7 Å². The summed E-state index contributed by atoms with van der Waals surface area (Å²) in [5.74, 6) is -3.55. The van der Waals surface area contributed by atoms with Crippen LogP contribution in [0.15, 0.2) is 18.2 Å². The molecule has 1 aromatic rings. The summed E-state index contributed by atoms with van der Waals surface area (Å²) in [6.07, 6.45) is -0.861. The number of hydrogen-bond acceptors (Lipinski definition) is 4. The van der Waals surface area contributed by atoms with Crippen molar-refractivity contribution in [2.45, 2.75) is 12.2 Å². The fraction of sp³-hybridized carbons (Fsp3) is 0.300. The Balaban J connectivity index is 2.39. The Morgan fingerprint density at radius 2 is 2.06 bits per heavy atom. The van der Waals surface area contributed by atoms with Gasteiger partial charge >= 0.3 is 5.97 Å². The molecule has 0 saturated carbocycles. The number of carboxylic acids is 1. The summed E-state index contributed by atoms with van der Waals surface area (Å²) in [6, 6.07) is 1.98. The lowest BCUT2D eigenvalue weighted by Gasteiger charge is -2.17. The number of halogens is 2. The molecule has 17 heavy (non-hydrogen) atoms. The van der Waals surface area contributed by atoms with E-state index < -0.39 is 35.7 Å². The molecule has 3 atom stereocenters. The van der Waals surface area contributed by atoms with Gasteiger partial charge in [-0.3, -0.25) is 4.79 Å². The number of nitrogens with two attached hydrogens (primary N) is 1. The van der Waals surface area contributed by atoms with Crippen LogP contribution < -0.4 is 16.6 Å². The van der Waals surface area contributed by atoms with E-state index in [1.165, 1.54) is 0 Å². The number of carbonyl (C=O) groups is 1. The number of benzene rings is 1. The Morgan fingerprint density at radius 1 is 1.35 bits per heavy atom. The van der Waals surface area contributed by atoms with Crippen molar-refractivity contribution in [3.63, 3.8) is 0 Å². The largest absolute Gasteiger partial charge is 0.481 e. The van der Waals surface area contributed by atoms with Crippen LogP contribution in [0.5, 0.6) is 0 Å². The molecule has 1 aliphatic rings. The molecule has 5 N–H and O–H groups in total. The molecule has 2 rings (SSSR count). The lowest BCUT2D eigenvalue weighted by Crippen LogP contribution is -2.41. The number of carboxylic acid groups (broad SMARTS) is 1. The number of aliphatic carboxylic acids is 1. The number of hydrogen-bond donors (Lipinski definition) is 4. The predicted molar refractivity (Wildman–Crippen MR) is 54.5 cm³/mol. The van der Waals surface area contributed by atoms with Crippen molar-refractivity contribution in [2.75, 3.05) is 0 Å². The second kappa shape index (κ2) is 4.36. The summed E-state index contributed by atoms with van der Waals surface area (Å²) in [7, 11) is 0. The quantitative estimate of drug-likeness (QED) is 0.591. The Hall–Kier alpha value is -1.57. The fourth-order valence-corrected chi connectivity index (χ4v) is 1.89. The zero-order chi connectivity index (χ0) is 12.6. The zero-order valence-electron chi connectivity index (χ0n) is 8.65. The van der Waals surface area contributed by atoms with Crippen molar-refractivity contribution >= 4 is 5.97 Å². The minimum absolute atomic E-state index is 0.0575. The van der Waals surface area contributed by atoms with Gasteiger partial charge in [-0.2, -0.15) is 0 Å². The van der Waals surface area contributed by atoms with Crippen LogP contribution in [-0.2, 0) is 4.79 Å².